The SMILES string of the molecule is CCC1CN(c2cc(C)ncc2CNC)CCS1. The summed E-state index contributed by atoms with van der Waals surface area (Å²) in [6.07, 6.45) is 3.27. The maximum absolute atomic E-state index is 4.42. The highest BCUT2D eigenvalue weighted by molar-refractivity contribution is 8.00. The topological polar surface area (TPSA) is 28.2 Å². The van der Waals surface area contributed by atoms with E-state index < -0.39 is 0 Å². The van der Waals surface area contributed by atoms with Gasteiger partial charge in [-0.05, 0) is 26.5 Å². The molecule has 1 unspecified atom stereocenters. The molecule has 3 nitrogen and oxygen atoms in total. The lowest BCUT2D eigenvalue weighted by molar-refractivity contribution is 0.717. The van der Waals surface area contributed by atoms with Crippen molar-refractivity contribution in [1.29, 1.82) is 0 Å². The van der Waals surface area contributed by atoms with Crippen molar-refractivity contribution in [2.45, 2.75) is 32.1 Å². The lowest BCUT2D eigenvalue weighted by Crippen LogP contribution is -2.38. The van der Waals surface area contributed by atoms with Crippen LogP contribution in [0.4, 0.5) is 5.69 Å². The maximum Gasteiger partial charge on any atom is 0.0446 e. The molecule has 0 spiro atoms. The summed E-state index contributed by atoms with van der Waals surface area (Å²) in [4.78, 5) is 6.95. The van der Waals surface area contributed by atoms with E-state index in [4.69, 9.17) is 0 Å². The molecule has 2 rings (SSSR count). The maximum atomic E-state index is 4.42. The van der Waals surface area contributed by atoms with E-state index in [-0.39, 0.29) is 0 Å². The molecular formula is C14H23N3S. The Balaban J connectivity index is 2.22. The molecule has 1 aliphatic rings. The minimum atomic E-state index is 0.773. The summed E-state index contributed by atoms with van der Waals surface area (Å²) in [6.45, 7) is 7.57. The Bertz CT molecular complexity index is 395. The Morgan fingerprint density at radius 2 is 2.39 bits per heavy atom. The number of hydrogen-bond donors (Lipinski definition) is 1. The summed E-state index contributed by atoms with van der Waals surface area (Å²) in [6, 6.07) is 2.23. The molecule has 0 saturated carbocycles. The molecule has 1 N–H and O–H groups in total. The molecule has 100 valence electrons. The molecule has 1 aromatic rings. The highest BCUT2D eigenvalue weighted by atomic mass is 32.2. The van der Waals surface area contributed by atoms with Gasteiger partial charge in [-0.15, -0.1) is 0 Å². The fourth-order valence-electron chi connectivity index (χ4n) is 2.38. The van der Waals surface area contributed by atoms with Gasteiger partial charge in [-0.1, -0.05) is 6.92 Å². The van der Waals surface area contributed by atoms with Crippen LogP contribution in [0.2, 0.25) is 0 Å². The van der Waals surface area contributed by atoms with Crippen molar-refractivity contribution in [3.8, 4) is 0 Å². The van der Waals surface area contributed by atoms with Gasteiger partial charge < -0.3 is 10.2 Å². The molecule has 1 aromatic heterocycles. The second kappa shape index (κ2) is 6.43. The average molecular weight is 265 g/mol. The minimum Gasteiger partial charge on any atom is -0.369 e. The molecule has 1 fully saturated rings. The zero-order valence-corrected chi connectivity index (χ0v) is 12.4. The van der Waals surface area contributed by atoms with Crippen LogP contribution in [0, 0.1) is 6.92 Å². The van der Waals surface area contributed by atoms with E-state index in [1.54, 1.807) is 0 Å². The van der Waals surface area contributed by atoms with Gasteiger partial charge in [0, 0.05) is 53.8 Å². The van der Waals surface area contributed by atoms with Gasteiger partial charge >= 0.3 is 0 Å². The van der Waals surface area contributed by atoms with E-state index in [0.29, 0.717) is 0 Å². The Morgan fingerprint density at radius 3 is 3.11 bits per heavy atom. The number of nitrogens with one attached hydrogen (secondary N) is 1. The average Bonchev–Trinajstić information content (AvgIpc) is 2.41. The fourth-order valence-corrected chi connectivity index (χ4v) is 3.56. The van der Waals surface area contributed by atoms with Crippen LogP contribution in [-0.4, -0.2) is 36.1 Å². The summed E-state index contributed by atoms with van der Waals surface area (Å²) < 4.78 is 0. The van der Waals surface area contributed by atoms with Crippen LogP contribution in [0.15, 0.2) is 12.3 Å². The smallest absolute Gasteiger partial charge is 0.0446 e. The Kier molecular flexibility index (Phi) is 4.89. The van der Waals surface area contributed by atoms with E-state index in [1.807, 2.05) is 13.2 Å². The standard InChI is InChI=1S/C14H23N3S/c1-4-13-10-17(5-6-18-13)14-7-11(2)16-9-12(14)8-15-3/h7,9,13,15H,4-6,8,10H2,1-3H3. The van der Waals surface area contributed by atoms with Crippen LogP contribution in [0.3, 0.4) is 0 Å². The number of nitrogens with zero attached hydrogens (tertiary/aromatic N) is 2. The third-order valence-electron chi connectivity index (χ3n) is 3.40. The third kappa shape index (κ3) is 3.18. The van der Waals surface area contributed by atoms with E-state index in [0.717, 1.165) is 24.0 Å². The summed E-state index contributed by atoms with van der Waals surface area (Å²) in [5, 5.41) is 4.01. The minimum absolute atomic E-state index is 0.773. The summed E-state index contributed by atoms with van der Waals surface area (Å²) >= 11 is 2.11. The lowest BCUT2D eigenvalue weighted by Gasteiger charge is -2.35. The molecular weight excluding hydrogens is 242 g/mol. The van der Waals surface area contributed by atoms with Gasteiger partial charge in [0.1, 0.15) is 0 Å². The molecule has 1 atom stereocenters. The summed E-state index contributed by atoms with van der Waals surface area (Å²) in [7, 11) is 1.99. The van der Waals surface area contributed by atoms with Crippen molar-refractivity contribution in [1.82, 2.24) is 10.3 Å². The predicted octanol–water partition coefficient (Wildman–Crippen LogP) is 2.44. The number of pyridine rings is 1. The van der Waals surface area contributed by atoms with Crippen molar-refractivity contribution >= 4 is 17.4 Å². The van der Waals surface area contributed by atoms with Gasteiger partial charge in [0.2, 0.25) is 0 Å². The van der Waals surface area contributed by atoms with Gasteiger partial charge in [-0.25, -0.2) is 0 Å². The number of aryl methyl sites for hydroxylation is 1. The predicted molar refractivity (Wildman–Crippen MR) is 80.5 cm³/mol. The Labute approximate surface area is 114 Å². The monoisotopic (exact) mass is 265 g/mol. The van der Waals surface area contributed by atoms with Gasteiger partial charge in [0.05, 0.1) is 0 Å². The molecule has 0 radical (unpaired) electrons. The molecule has 2 heterocycles. The fraction of sp³-hybridized carbons (Fsp3) is 0.643. The van der Waals surface area contributed by atoms with Crippen LogP contribution in [0.1, 0.15) is 24.6 Å². The number of hydrogen-bond acceptors (Lipinski definition) is 4. The molecule has 0 bridgehead atoms. The first-order valence-electron chi connectivity index (χ1n) is 6.71. The van der Waals surface area contributed by atoms with E-state index in [2.05, 4.69) is 46.9 Å². The molecule has 0 aromatic carbocycles. The summed E-state index contributed by atoms with van der Waals surface area (Å²) in [5.41, 5.74) is 3.79. The van der Waals surface area contributed by atoms with Crippen LogP contribution in [0.5, 0.6) is 0 Å². The first kappa shape index (κ1) is 13.7. The molecule has 0 aliphatic carbocycles. The van der Waals surface area contributed by atoms with Crippen molar-refractivity contribution < 1.29 is 0 Å². The van der Waals surface area contributed by atoms with E-state index in [1.165, 1.54) is 30.0 Å². The van der Waals surface area contributed by atoms with Crippen molar-refractivity contribution in [2.24, 2.45) is 0 Å². The van der Waals surface area contributed by atoms with Gasteiger partial charge in [0.15, 0.2) is 0 Å². The molecule has 1 aliphatic heterocycles. The number of anilines is 1. The van der Waals surface area contributed by atoms with Crippen molar-refractivity contribution in [3.63, 3.8) is 0 Å². The van der Waals surface area contributed by atoms with Crippen molar-refractivity contribution in [3.05, 3.63) is 23.5 Å². The van der Waals surface area contributed by atoms with Crippen LogP contribution < -0.4 is 10.2 Å². The molecule has 18 heavy (non-hydrogen) atoms. The zero-order chi connectivity index (χ0) is 13.0. The second-order valence-corrected chi connectivity index (χ2v) is 6.24. The zero-order valence-electron chi connectivity index (χ0n) is 11.6. The normalized spacial score (nSPS) is 20.2. The highest BCUT2D eigenvalue weighted by Crippen LogP contribution is 2.28. The van der Waals surface area contributed by atoms with Gasteiger partial charge in [-0.3, -0.25) is 4.98 Å². The molecule has 4 heteroatoms. The summed E-state index contributed by atoms with van der Waals surface area (Å²) in [5.74, 6) is 1.23. The van der Waals surface area contributed by atoms with Crippen molar-refractivity contribution in [2.75, 3.05) is 30.8 Å². The van der Waals surface area contributed by atoms with Crippen LogP contribution >= 0.6 is 11.8 Å². The van der Waals surface area contributed by atoms with E-state index in [9.17, 15) is 0 Å². The van der Waals surface area contributed by atoms with Gasteiger partial charge in [0.25, 0.3) is 0 Å². The number of thioether (sulfide) groups is 1. The van der Waals surface area contributed by atoms with Gasteiger partial charge in [-0.2, -0.15) is 11.8 Å². The Hall–Kier alpha value is -0.740. The number of aromatic nitrogens is 1. The first-order chi connectivity index (χ1) is 8.74. The van der Waals surface area contributed by atoms with Crippen LogP contribution in [0.25, 0.3) is 0 Å². The lowest BCUT2D eigenvalue weighted by atomic mass is 10.1. The van der Waals surface area contributed by atoms with Crippen LogP contribution in [-0.2, 0) is 6.54 Å². The number of rotatable bonds is 4. The Morgan fingerprint density at radius 1 is 1.56 bits per heavy atom. The first-order valence-corrected chi connectivity index (χ1v) is 7.76. The molecule has 0 amide bonds. The second-order valence-electron chi connectivity index (χ2n) is 4.83. The third-order valence-corrected chi connectivity index (χ3v) is 4.77. The highest BCUT2D eigenvalue weighted by Gasteiger charge is 2.21. The quantitative estimate of drug-likeness (QED) is 0.905. The molecule has 1 saturated heterocycles. The van der Waals surface area contributed by atoms with E-state index >= 15 is 0 Å². The largest absolute Gasteiger partial charge is 0.369 e.